The molecule has 2 aromatic carbocycles. The normalized spacial score (nSPS) is 18.4. The van der Waals surface area contributed by atoms with Gasteiger partial charge < -0.3 is 14.2 Å². The number of rotatable bonds is 16. The van der Waals surface area contributed by atoms with E-state index in [9.17, 15) is 18.0 Å². The lowest BCUT2D eigenvalue weighted by atomic mass is 10.0. The minimum atomic E-state index is -4.00. The highest BCUT2D eigenvalue weighted by molar-refractivity contribution is 8.00. The molecular weight excluding hydrogens is 671 g/mol. The molecule has 274 valence electrons. The molecule has 10 heteroatoms. The molecule has 0 saturated carbocycles. The van der Waals surface area contributed by atoms with E-state index < -0.39 is 37.6 Å². The van der Waals surface area contributed by atoms with Crippen LogP contribution in [-0.4, -0.2) is 72.2 Å². The molecule has 2 unspecified atom stereocenters. The molecule has 1 fully saturated rings. The van der Waals surface area contributed by atoms with Gasteiger partial charge in [0.05, 0.1) is 27.5 Å². The Kier molecular flexibility index (Phi) is 15.0. The minimum Gasteiger partial charge on any atom is -0.457 e. The number of carbonyl (C=O) groups excluding carboxylic acids is 2. The van der Waals surface area contributed by atoms with Gasteiger partial charge in [-0.1, -0.05) is 65.8 Å². The molecule has 1 saturated heterocycles. The molecule has 0 N–H and O–H groups in total. The van der Waals surface area contributed by atoms with Crippen LogP contribution in [0.2, 0.25) is 0 Å². The van der Waals surface area contributed by atoms with E-state index in [-0.39, 0.29) is 29.6 Å². The molecule has 3 rings (SSSR count). The van der Waals surface area contributed by atoms with Crippen molar-refractivity contribution in [2.24, 2.45) is 0 Å². The number of thioether (sulfide) groups is 1. The van der Waals surface area contributed by atoms with Crippen molar-refractivity contribution in [2.75, 3.05) is 12.9 Å². The van der Waals surface area contributed by atoms with Crippen LogP contribution in [0.5, 0.6) is 0 Å². The van der Waals surface area contributed by atoms with Gasteiger partial charge in [0.25, 0.3) is 0 Å². The maximum atomic E-state index is 14.4. The van der Waals surface area contributed by atoms with Crippen LogP contribution < -0.4 is 0 Å². The first-order chi connectivity index (χ1) is 23.5. The number of sulfone groups is 1. The van der Waals surface area contributed by atoms with E-state index in [1.165, 1.54) is 0 Å². The SMILES string of the molecule is C=CC[C@@H](CC/C(C)=C/C(C(CC/C=C\[C@@H]1CSC(C)(C)N1C(=O)OC(C)(C)C)OC(=O)c1ccccc1)S(=O)(=O)c1ccc(C)cc1)OC. The molecule has 1 heterocycles. The highest BCUT2D eigenvalue weighted by Gasteiger charge is 2.44. The Bertz CT molecular complexity index is 1590. The highest BCUT2D eigenvalue weighted by Crippen LogP contribution is 2.40. The smallest absolute Gasteiger partial charge is 0.411 e. The summed E-state index contributed by atoms with van der Waals surface area (Å²) < 4.78 is 46.3. The number of ether oxygens (including phenoxy) is 3. The molecule has 50 heavy (non-hydrogen) atoms. The lowest BCUT2D eigenvalue weighted by Gasteiger charge is -2.35. The quantitative estimate of drug-likeness (QED) is 0.125. The number of hydrogen-bond acceptors (Lipinski definition) is 8. The van der Waals surface area contributed by atoms with E-state index >= 15 is 0 Å². The predicted octanol–water partition coefficient (Wildman–Crippen LogP) is 9.11. The first-order valence-corrected chi connectivity index (χ1v) is 19.7. The van der Waals surface area contributed by atoms with Crippen LogP contribution in [0.4, 0.5) is 4.79 Å². The van der Waals surface area contributed by atoms with Crippen LogP contribution in [-0.2, 0) is 24.0 Å². The van der Waals surface area contributed by atoms with E-state index in [4.69, 9.17) is 14.2 Å². The van der Waals surface area contributed by atoms with Crippen molar-refractivity contribution >= 4 is 33.7 Å². The first-order valence-electron chi connectivity index (χ1n) is 17.2. The fraction of sp³-hybridized carbons (Fsp3) is 0.500. The van der Waals surface area contributed by atoms with Crippen molar-refractivity contribution in [1.82, 2.24) is 4.90 Å². The Hall–Kier alpha value is -3.34. The summed E-state index contributed by atoms with van der Waals surface area (Å²) in [5.74, 6) is 0.0979. The van der Waals surface area contributed by atoms with Crippen LogP contribution in [0.1, 0.15) is 89.6 Å². The third-order valence-corrected chi connectivity index (χ3v) is 12.0. The standard InChI is InChI=1S/C40H55NO7S2/c1-10-16-33(46-9)24-21-30(3)27-36(50(44,45)34-25-22-29(2)23-26-34)35(47-37(42)31-17-12-11-13-18-31)20-15-14-19-32-28-49-40(7,8)41(32)38(43)48-39(4,5)6/h10-14,17-19,22-23,25-27,32-33,35-36H,1,15-16,20-21,24,28H2,2-9H3/b19-14-,30-27+/t32-,33+,35?,36?/m1/s1. The van der Waals surface area contributed by atoms with Gasteiger partial charge in [-0.3, -0.25) is 4.90 Å². The maximum Gasteiger partial charge on any atom is 0.411 e. The molecule has 0 radical (unpaired) electrons. The van der Waals surface area contributed by atoms with Gasteiger partial charge >= 0.3 is 12.1 Å². The Morgan fingerprint density at radius 1 is 1.08 bits per heavy atom. The number of esters is 1. The van der Waals surface area contributed by atoms with Gasteiger partial charge in [0.1, 0.15) is 17.0 Å². The molecule has 2 aromatic rings. The molecule has 1 amide bonds. The minimum absolute atomic E-state index is 0.0428. The van der Waals surface area contributed by atoms with E-state index in [2.05, 4.69) is 6.58 Å². The number of amides is 1. The lowest BCUT2D eigenvalue weighted by molar-refractivity contribution is 0.0136. The van der Waals surface area contributed by atoms with Crippen LogP contribution in [0, 0.1) is 6.92 Å². The second-order valence-electron chi connectivity index (χ2n) is 14.2. The second-order valence-corrected chi connectivity index (χ2v) is 18.0. The van der Waals surface area contributed by atoms with E-state index in [0.29, 0.717) is 37.0 Å². The summed E-state index contributed by atoms with van der Waals surface area (Å²) in [7, 11) is -2.34. The van der Waals surface area contributed by atoms with Crippen molar-refractivity contribution in [2.45, 2.75) is 119 Å². The van der Waals surface area contributed by atoms with Crippen LogP contribution in [0.25, 0.3) is 0 Å². The third-order valence-electron chi connectivity index (χ3n) is 8.50. The van der Waals surface area contributed by atoms with Gasteiger partial charge in [0, 0.05) is 12.9 Å². The van der Waals surface area contributed by atoms with E-state index in [1.807, 2.05) is 66.7 Å². The lowest BCUT2D eigenvalue weighted by Crippen LogP contribution is -2.48. The summed E-state index contributed by atoms with van der Waals surface area (Å²) in [6.07, 6.45) is 8.64. The zero-order chi connectivity index (χ0) is 37.1. The summed E-state index contributed by atoms with van der Waals surface area (Å²) in [6.45, 7) is 17.1. The van der Waals surface area contributed by atoms with E-state index in [1.54, 1.807) is 84.4 Å². The third kappa shape index (κ3) is 11.9. The molecule has 0 spiro atoms. The van der Waals surface area contributed by atoms with Gasteiger partial charge in [-0.15, -0.1) is 18.3 Å². The molecule has 8 nitrogen and oxygen atoms in total. The summed E-state index contributed by atoms with van der Waals surface area (Å²) in [5, 5.41) is -1.15. The molecule has 1 aliphatic rings. The molecule has 1 aliphatic heterocycles. The summed E-state index contributed by atoms with van der Waals surface area (Å²) >= 11 is 1.67. The zero-order valence-electron chi connectivity index (χ0n) is 30.9. The number of methoxy groups -OCH3 is 1. The Labute approximate surface area is 304 Å². The van der Waals surface area contributed by atoms with Crippen LogP contribution in [0.3, 0.4) is 0 Å². The topological polar surface area (TPSA) is 99.2 Å². The van der Waals surface area contributed by atoms with Gasteiger partial charge in [-0.2, -0.15) is 0 Å². The number of carbonyl (C=O) groups is 2. The number of aryl methyl sites for hydroxylation is 1. The molecule has 0 aromatic heterocycles. The summed E-state index contributed by atoms with van der Waals surface area (Å²) in [4.78, 5) is 28.1. The number of hydrogen-bond donors (Lipinski definition) is 0. The van der Waals surface area contributed by atoms with E-state index in [0.717, 1.165) is 11.1 Å². The Balaban J connectivity index is 1.98. The van der Waals surface area contributed by atoms with Crippen molar-refractivity contribution in [3.8, 4) is 0 Å². The van der Waals surface area contributed by atoms with Crippen molar-refractivity contribution < 1.29 is 32.2 Å². The number of allylic oxidation sites excluding steroid dienone is 2. The summed E-state index contributed by atoms with van der Waals surface area (Å²) in [6, 6.07) is 15.1. The molecule has 4 atom stereocenters. The molecular formula is C40H55NO7S2. The average Bonchev–Trinajstić information content (AvgIpc) is 3.36. The van der Waals surface area contributed by atoms with Gasteiger partial charge in [0.15, 0.2) is 9.84 Å². The Morgan fingerprint density at radius 2 is 1.74 bits per heavy atom. The zero-order valence-corrected chi connectivity index (χ0v) is 32.5. The average molecular weight is 726 g/mol. The van der Waals surface area contributed by atoms with Crippen LogP contribution >= 0.6 is 11.8 Å². The van der Waals surface area contributed by atoms with Crippen molar-refractivity contribution in [3.05, 3.63) is 102 Å². The Morgan fingerprint density at radius 3 is 2.34 bits per heavy atom. The van der Waals surface area contributed by atoms with Crippen molar-refractivity contribution in [1.29, 1.82) is 0 Å². The maximum absolute atomic E-state index is 14.4. The molecule has 0 bridgehead atoms. The summed E-state index contributed by atoms with van der Waals surface area (Å²) in [5.41, 5.74) is 1.49. The fourth-order valence-corrected chi connectivity index (χ4v) is 8.80. The fourth-order valence-electron chi connectivity index (χ4n) is 5.78. The van der Waals surface area contributed by atoms with Gasteiger partial charge in [0.2, 0.25) is 0 Å². The van der Waals surface area contributed by atoms with Gasteiger partial charge in [-0.25, -0.2) is 18.0 Å². The number of nitrogens with zero attached hydrogens (tertiary/aromatic N) is 1. The number of benzene rings is 2. The highest BCUT2D eigenvalue weighted by atomic mass is 32.2. The predicted molar refractivity (Wildman–Crippen MR) is 203 cm³/mol. The second kappa shape index (κ2) is 18.2. The largest absolute Gasteiger partial charge is 0.457 e. The van der Waals surface area contributed by atoms with Crippen molar-refractivity contribution in [3.63, 3.8) is 0 Å². The van der Waals surface area contributed by atoms with Gasteiger partial charge in [-0.05, 0) is 105 Å². The molecule has 0 aliphatic carbocycles. The first kappa shape index (κ1) is 41.1. The monoisotopic (exact) mass is 725 g/mol. The van der Waals surface area contributed by atoms with Crippen LogP contribution in [0.15, 0.2) is 95.9 Å².